The van der Waals surface area contributed by atoms with Crippen molar-refractivity contribution in [2.45, 2.75) is 26.0 Å². The van der Waals surface area contributed by atoms with Gasteiger partial charge in [0.25, 0.3) is 0 Å². The van der Waals surface area contributed by atoms with Gasteiger partial charge in [-0.05, 0) is 46.8 Å². The van der Waals surface area contributed by atoms with Crippen LogP contribution in [0.3, 0.4) is 0 Å². The molecule has 7 heteroatoms. The molecule has 0 atom stereocenters. The molecule has 0 saturated heterocycles. The van der Waals surface area contributed by atoms with Gasteiger partial charge in [0.05, 0.1) is 9.99 Å². The van der Waals surface area contributed by atoms with Crippen molar-refractivity contribution in [2.75, 3.05) is 0 Å². The number of hydrogen-bond donors (Lipinski definition) is 0. The van der Waals surface area contributed by atoms with E-state index in [1.807, 2.05) is 16.8 Å². The first-order valence-electron chi connectivity index (χ1n) is 6.85. The van der Waals surface area contributed by atoms with Crippen LogP contribution in [-0.2, 0) is 13.2 Å². The molecule has 0 amide bonds. The number of fused-ring (bicyclic) bond motifs is 1. The second kappa shape index (κ2) is 5.14. The standard InChI is InChI=1S/C14H13BrN4O2/c15-13-12(20-8-10-5-6-21-17-10)4-3-11-14(13)16-18-19(11)7-9-1-2-9/h3-6,9H,1-2,7-8H2. The van der Waals surface area contributed by atoms with Crippen molar-refractivity contribution in [3.8, 4) is 5.75 Å². The topological polar surface area (TPSA) is 66.0 Å². The van der Waals surface area contributed by atoms with Gasteiger partial charge >= 0.3 is 0 Å². The van der Waals surface area contributed by atoms with Crippen molar-refractivity contribution < 1.29 is 9.26 Å². The SMILES string of the molecule is Brc1c(OCc2ccon2)ccc2c1nnn2CC1CC1. The molecule has 4 rings (SSSR count). The van der Waals surface area contributed by atoms with E-state index in [0.717, 1.165) is 39.4 Å². The summed E-state index contributed by atoms with van der Waals surface area (Å²) in [6.07, 6.45) is 4.11. The van der Waals surface area contributed by atoms with Crippen LogP contribution in [0.2, 0.25) is 0 Å². The van der Waals surface area contributed by atoms with E-state index in [0.29, 0.717) is 6.61 Å². The molecule has 108 valence electrons. The van der Waals surface area contributed by atoms with Crippen molar-refractivity contribution in [1.82, 2.24) is 20.2 Å². The zero-order chi connectivity index (χ0) is 14.2. The number of benzene rings is 1. The third-order valence-corrected chi connectivity index (χ3v) is 4.35. The molecule has 2 heterocycles. The van der Waals surface area contributed by atoms with E-state index in [1.54, 1.807) is 6.07 Å². The molecule has 0 spiro atoms. The van der Waals surface area contributed by atoms with Crippen LogP contribution in [0, 0.1) is 5.92 Å². The molecule has 3 aromatic rings. The highest BCUT2D eigenvalue weighted by atomic mass is 79.9. The molecule has 0 bridgehead atoms. The summed E-state index contributed by atoms with van der Waals surface area (Å²) in [6, 6.07) is 5.71. The Bertz CT molecular complexity index is 765. The maximum absolute atomic E-state index is 5.75. The van der Waals surface area contributed by atoms with Crippen molar-refractivity contribution in [2.24, 2.45) is 5.92 Å². The first-order chi connectivity index (χ1) is 10.3. The molecule has 0 radical (unpaired) electrons. The van der Waals surface area contributed by atoms with Gasteiger partial charge in [-0.3, -0.25) is 0 Å². The third kappa shape index (κ3) is 2.53. The van der Waals surface area contributed by atoms with Crippen LogP contribution in [0.4, 0.5) is 0 Å². The summed E-state index contributed by atoms with van der Waals surface area (Å²) in [5.41, 5.74) is 2.61. The Hall–Kier alpha value is -1.89. The molecule has 1 fully saturated rings. The third-order valence-electron chi connectivity index (χ3n) is 3.59. The van der Waals surface area contributed by atoms with Gasteiger partial charge in [0, 0.05) is 12.6 Å². The molecule has 1 saturated carbocycles. The molecule has 1 aliphatic carbocycles. The fraction of sp³-hybridized carbons (Fsp3) is 0.357. The lowest BCUT2D eigenvalue weighted by molar-refractivity contribution is 0.288. The van der Waals surface area contributed by atoms with E-state index in [2.05, 4.69) is 31.4 Å². The normalized spacial score (nSPS) is 14.7. The second-order valence-electron chi connectivity index (χ2n) is 5.24. The lowest BCUT2D eigenvalue weighted by atomic mass is 10.3. The highest BCUT2D eigenvalue weighted by Crippen LogP contribution is 2.35. The van der Waals surface area contributed by atoms with Crippen LogP contribution in [0.5, 0.6) is 5.75 Å². The molecule has 1 aliphatic rings. The Morgan fingerprint density at radius 1 is 1.33 bits per heavy atom. The maximum atomic E-state index is 5.75. The summed E-state index contributed by atoms with van der Waals surface area (Å²) in [6.45, 7) is 1.30. The number of rotatable bonds is 5. The molecule has 2 aromatic heterocycles. The van der Waals surface area contributed by atoms with E-state index in [9.17, 15) is 0 Å². The Morgan fingerprint density at radius 2 is 2.24 bits per heavy atom. The van der Waals surface area contributed by atoms with Gasteiger partial charge in [0.15, 0.2) is 0 Å². The highest BCUT2D eigenvalue weighted by Gasteiger charge is 2.23. The van der Waals surface area contributed by atoms with E-state index in [4.69, 9.17) is 9.26 Å². The van der Waals surface area contributed by atoms with E-state index in [-0.39, 0.29) is 0 Å². The number of hydrogen-bond acceptors (Lipinski definition) is 5. The largest absolute Gasteiger partial charge is 0.486 e. The predicted molar refractivity (Wildman–Crippen MR) is 78.8 cm³/mol. The van der Waals surface area contributed by atoms with Gasteiger partial charge in [-0.15, -0.1) is 5.10 Å². The predicted octanol–water partition coefficient (Wildman–Crippen LogP) is 3.17. The van der Waals surface area contributed by atoms with Crippen LogP contribution >= 0.6 is 15.9 Å². The van der Waals surface area contributed by atoms with Crippen LogP contribution in [0.15, 0.2) is 33.5 Å². The van der Waals surface area contributed by atoms with Crippen molar-refractivity contribution in [3.63, 3.8) is 0 Å². The van der Waals surface area contributed by atoms with E-state index < -0.39 is 0 Å². The molecule has 0 aliphatic heterocycles. The molecule has 0 unspecified atom stereocenters. The minimum absolute atomic E-state index is 0.358. The summed E-state index contributed by atoms with van der Waals surface area (Å²) in [7, 11) is 0. The molecular weight excluding hydrogens is 336 g/mol. The molecule has 1 aromatic carbocycles. The first kappa shape index (κ1) is 12.8. The molecule has 21 heavy (non-hydrogen) atoms. The molecule has 0 N–H and O–H groups in total. The summed E-state index contributed by atoms with van der Waals surface area (Å²) in [4.78, 5) is 0. The van der Waals surface area contributed by atoms with Gasteiger partial charge in [-0.2, -0.15) is 0 Å². The number of aromatic nitrogens is 4. The Labute approximate surface area is 129 Å². The maximum Gasteiger partial charge on any atom is 0.136 e. The summed E-state index contributed by atoms with van der Waals surface area (Å²) in [5, 5.41) is 12.3. The van der Waals surface area contributed by atoms with Gasteiger partial charge in [0.1, 0.15) is 29.8 Å². The smallest absolute Gasteiger partial charge is 0.136 e. The summed E-state index contributed by atoms with van der Waals surface area (Å²) >= 11 is 3.56. The lowest BCUT2D eigenvalue weighted by Gasteiger charge is -2.07. The average molecular weight is 349 g/mol. The van der Waals surface area contributed by atoms with E-state index in [1.165, 1.54) is 19.1 Å². The van der Waals surface area contributed by atoms with Gasteiger partial charge in [0.2, 0.25) is 0 Å². The summed E-state index contributed by atoms with van der Waals surface area (Å²) in [5.74, 6) is 1.49. The van der Waals surface area contributed by atoms with Crippen LogP contribution in [0.1, 0.15) is 18.5 Å². The van der Waals surface area contributed by atoms with Crippen molar-refractivity contribution in [3.05, 3.63) is 34.6 Å². The van der Waals surface area contributed by atoms with Crippen LogP contribution in [0.25, 0.3) is 11.0 Å². The summed E-state index contributed by atoms with van der Waals surface area (Å²) < 4.78 is 13.3. The monoisotopic (exact) mass is 348 g/mol. The minimum atomic E-state index is 0.358. The molecule has 6 nitrogen and oxygen atoms in total. The van der Waals surface area contributed by atoms with Crippen LogP contribution in [-0.4, -0.2) is 20.2 Å². The zero-order valence-corrected chi connectivity index (χ0v) is 12.8. The number of nitrogens with zero attached hydrogens (tertiary/aromatic N) is 4. The lowest BCUT2D eigenvalue weighted by Crippen LogP contribution is -2.01. The Balaban J connectivity index is 1.60. The van der Waals surface area contributed by atoms with Crippen LogP contribution < -0.4 is 4.74 Å². The van der Waals surface area contributed by atoms with Crippen molar-refractivity contribution >= 4 is 27.0 Å². The van der Waals surface area contributed by atoms with Gasteiger partial charge < -0.3 is 9.26 Å². The first-order valence-corrected chi connectivity index (χ1v) is 7.64. The van der Waals surface area contributed by atoms with Crippen molar-refractivity contribution in [1.29, 1.82) is 0 Å². The Kier molecular flexibility index (Phi) is 3.14. The fourth-order valence-corrected chi connectivity index (χ4v) is 2.77. The van der Waals surface area contributed by atoms with Gasteiger partial charge in [-0.1, -0.05) is 10.4 Å². The minimum Gasteiger partial charge on any atom is -0.486 e. The zero-order valence-electron chi connectivity index (χ0n) is 11.2. The average Bonchev–Trinajstić information content (AvgIpc) is 2.99. The second-order valence-corrected chi connectivity index (χ2v) is 6.03. The Morgan fingerprint density at radius 3 is 3.00 bits per heavy atom. The number of ether oxygens (including phenoxy) is 1. The van der Waals surface area contributed by atoms with E-state index >= 15 is 0 Å². The molecular formula is C14H13BrN4O2. The van der Waals surface area contributed by atoms with Gasteiger partial charge in [-0.25, -0.2) is 4.68 Å². The quantitative estimate of drug-likeness (QED) is 0.708. The highest BCUT2D eigenvalue weighted by molar-refractivity contribution is 9.10. The number of halogens is 1. The fourth-order valence-electron chi connectivity index (χ4n) is 2.24.